The number of benzene rings is 1. The summed E-state index contributed by atoms with van der Waals surface area (Å²) < 4.78 is 7.31. The van der Waals surface area contributed by atoms with Crippen LogP contribution in [0.15, 0.2) is 30.3 Å². The monoisotopic (exact) mass is 314 g/mol. The smallest absolute Gasteiger partial charge is 0.330 e. The Morgan fingerprint density at radius 1 is 1.30 bits per heavy atom. The zero-order valence-corrected chi connectivity index (χ0v) is 14.5. The van der Waals surface area contributed by atoms with Gasteiger partial charge in [0.25, 0.3) is 0 Å². The average Bonchev–Trinajstić information content (AvgIpc) is 2.78. The number of aryl methyl sites for hydroxylation is 1. The normalized spacial score (nSPS) is 11.7. The minimum atomic E-state index is -0.295. The lowest BCUT2D eigenvalue weighted by Crippen LogP contribution is -2.15. The first kappa shape index (κ1) is 17.3. The molecule has 23 heavy (non-hydrogen) atoms. The van der Waals surface area contributed by atoms with Crippen LogP contribution in [0, 0.1) is 6.92 Å². The van der Waals surface area contributed by atoms with E-state index in [1.54, 1.807) is 0 Å². The number of carbonyl (C=O) groups is 1. The number of hydrogen-bond acceptors (Lipinski definition) is 3. The molecule has 0 aliphatic carbocycles. The first-order valence-electron chi connectivity index (χ1n) is 8.12. The predicted molar refractivity (Wildman–Crippen MR) is 95.5 cm³/mol. The number of hydrogen-bond donors (Lipinski definition) is 0. The standard InChI is InChI=1S/C19H26N2O2/c1-5-23-19(22)12-11-16-15(2)21(14-8-13-20(3)4)18-10-7-6-9-17(16)18/h6-7,9-12H,5,8,13-14H2,1-4H3/b12-11+. The van der Waals surface area contributed by atoms with Crippen LogP contribution in [0.25, 0.3) is 17.0 Å². The zero-order valence-electron chi connectivity index (χ0n) is 14.5. The van der Waals surface area contributed by atoms with Crippen molar-refractivity contribution in [3.8, 4) is 0 Å². The third-order valence-electron chi connectivity index (χ3n) is 3.94. The van der Waals surface area contributed by atoms with Crippen molar-refractivity contribution in [1.29, 1.82) is 0 Å². The summed E-state index contributed by atoms with van der Waals surface area (Å²) in [6, 6.07) is 8.34. The lowest BCUT2D eigenvalue weighted by Gasteiger charge is -2.12. The number of carbonyl (C=O) groups excluding carboxylic acids is 1. The lowest BCUT2D eigenvalue weighted by atomic mass is 10.1. The Labute approximate surface area is 138 Å². The Balaban J connectivity index is 2.33. The molecule has 0 amide bonds. The third kappa shape index (κ3) is 4.23. The van der Waals surface area contributed by atoms with Crippen LogP contribution in [0.4, 0.5) is 0 Å². The molecule has 0 saturated carbocycles. The Kier molecular flexibility index (Phi) is 5.99. The molecule has 0 spiro atoms. The van der Waals surface area contributed by atoms with E-state index in [0.29, 0.717) is 6.61 Å². The van der Waals surface area contributed by atoms with Crippen LogP contribution in [0.1, 0.15) is 24.6 Å². The molecule has 1 aromatic carbocycles. The van der Waals surface area contributed by atoms with Gasteiger partial charge < -0.3 is 14.2 Å². The minimum Gasteiger partial charge on any atom is -0.463 e. The lowest BCUT2D eigenvalue weighted by molar-refractivity contribution is -0.137. The van der Waals surface area contributed by atoms with E-state index in [1.807, 2.05) is 19.1 Å². The van der Waals surface area contributed by atoms with Crippen LogP contribution in [0.2, 0.25) is 0 Å². The number of rotatable bonds is 7. The number of nitrogens with zero attached hydrogens (tertiary/aromatic N) is 2. The molecule has 0 saturated heterocycles. The van der Waals surface area contributed by atoms with Gasteiger partial charge in [-0.25, -0.2) is 4.79 Å². The van der Waals surface area contributed by atoms with Gasteiger partial charge in [0, 0.05) is 34.8 Å². The highest BCUT2D eigenvalue weighted by Crippen LogP contribution is 2.27. The van der Waals surface area contributed by atoms with Crippen molar-refractivity contribution >= 4 is 22.9 Å². The molecule has 0 radical (unpaired) electrons. The van der Waals surface area contributed by atoms with E-state index in [-0.39, 0.29) is 5.97 Å². The summed E-state index contributed by atoms with van der Waals surface area (Å²) in [7, 11) is 4.18. The van der Waals surface area contributed by atoms with E-state index in [4.69, 9.17) is 4.74 Å². The van der Waals surface area contributed by atoms with Gasteiger partial charge in [-0.05, 0) is 53.1 Å². The summed E-state index contributed by atoms with van der Waals surface area (Å²) in [5, 5.41) is 1.18. The quantitative estimate of drug-likeness (QED) is 0.580. The van der Waals surface area contributed by atoms with Crippen molar-refractivity contribution in [2.24, 2.45) is 0 Å². The fourth-order valence-electron chi connectivity index (χ4n) is 2.84. The molecular weight excluding hydrogens is 288 g/mol. The molecule has 1 aromatic heterocycles. The van der Waals surface area contributed by atoms with E-state index in [0.717, 1.165) is 25.1 Å². The molecule has 2 rings (SSSR count). The molecular formula is C19H26N2O2. The van der Waals surface area contributed by atoms with Gasteiger partial charge in [0.2, 0.25) is 0 Å². The van der Waals surface area contributed by atoms with Crippen molar-refractivity contribution in [3.05, 3.63) is 41.6 Å². The largest absolute Gasteiger partial charge is 0.463 e. The summed E-state index contributed by atoms with van der Waals surface area (Å²) in [6.07, 6.45) is 4.48. The molecule has 0 unspecified atom stereocenters. The average molecular weight is 314 g/mol. The van der Waals surface area contributed by atoms with Gasteiger partial charge in [-0.1, -0.05) is 18.2 Å². The molecule has 0 aliphatic rings. The summed E-state index contributed by atoms with van der Waals surface area (Å²) >= 11 is 0. The molecule has 1 heterocycles. The van der Waals surface area contributed by atoms with E-state index in [9.17, 15) is 4.79 Å². The maximum Gasteiger partial charge on any atom is 0.330 e. The molecule has 0 N–H and O–H groups in total. The van der Waals surface area contributed by atoms with Gasteiger partial charge in [-0.3, -0.25) is 0 Å². The van der Waals surface area contributed by atoms with E-state index in [2.05, 4.69) is 48.7 Å². The number of ether oxygens (including phenoxy) is 1. The summed E-state index contributed by atoms with van der Waals surface area (Å²) in [4.78, 5) is 13.8. The first-order valence-corrected chi connectivity index (χ1v) is 8.12. The minimum absolute atomic E-state index is 0.295. The molecule has 124 valence electrons. The number of aromatic nitrogens is 1. The van der Waals surface area contributed by atoms with Crippen LogP contribution in [-0.2, 0) is 16.1 Å². The fraction of sp³-hybridized carbons (Fsp3) is 0.421. The maximum absolute atomic E-state index is 11.6. The van der Waals surface area contributed by atoms with Crippen LogP contribution in [0.3, 0.4) is 0 Å². The van der Waals surface area contributed by atoms with E-state index >= 15 is 0 Å². The van der Waals surface area contributed by atoms with Gasteiger partial charge in [-0.15, -0.1) is 0 Å². The molecule has 2 aromatic rings. The molecule has 0 bridgehead atoms. The van der Waals surface area contributed by atoms with Crippen LogP contribution in [-0.4, -0.2) is 42.7 Å². The van der Waals surface area contributed by atoms with E-state index < -0.39 is 0 Å². The second-order valence-corrected chi connectivity index (χ2v) is 5.91. The molecule has 4 nitrogen and oxygen atoms in total. The van der Waals surface area contributed by atoms with Gasteiger partial charge in [-0.2, -0.15) is 0 Å². The van der Waals surface area contributed by atoms with Crippen molar-refractivity contribution in [2.45, 2.75) is 26.8 Å². The predicted octanol–water partition coefficient (Wildman–Crippen LogP) is 3.48. The fourth-order valence-corrected chi connectivity index (χ4v) is 2.84. The number of esters is 1. The second kappa shape index (κ2) is 7.97. The third-order valence-corrected chi connectivity index (χ3v) is 3.94. The second-order valence-electron chi connectivity index (χ2n) is 5.91. The van der Waals surface area contributed by atoms with Gasteiger partial charge in [0.05, 0.1) is 6.61 Å². The highest BCUT2D eigenvalue weighted by molar-refractivity contribution is 5.95. The van der Waals surface area contributed by atoms with Crippen molar-refractivity contribution in [1.82, 2.24) is 9.47 Å². The van der Waals surface area contributed by atoms with Crippen molar-refractivity contribution in [2.75, 3.05) is 27.2 Å². The van der Waals surface area contributed by atoms with Crippen molar-refractivity contribution < 1.29 is 9.53 Å². The summed E-state index contributed by atoms with van der Waals surface area (Å²) in [6.45, 7) is 6.35. The van der Waals surface area contributed by atoms with Gasteiger partial charge in [0.15, 0.2) is 0 Å². The molecule has 0 atom stereocenters. The van der Waals surface area contributed by atoms with Gasteiger partial charge >= 0.3 is 5.97 Å². The Bertz CT molecular complexity index is 699. The highest BCUT2D eigenvalue weighted by Gasteiger charge is 2.12. The van der Waals surface area contributed by atoms with Crippen LogP contribution in [0.5, 0.6) is 0 Å². The zero-order chi connectivity index (χ0) is 16.8. The Morgan fingerprint density at radius 3 is 2.74 bits per heavy atom. The highest BCUT2D eigenvalue weighted by atomic mass is 16.5. The topological polar surface area (TPSA) is 34.5 Å². The maximum atomic E-state index is 11.6. The Morgan fingerprint density at radius 2 is 2.04 bits per heavy atom. The summed E-state index contributed by atoms with van der Waals surface area (Å²) in [5.41, 5.74) is 3.50. The molecule has 0 aliphatic heterocycles. The van der Waals surface area contributed by atoms with E-state index in [1.165, 1.54) is 22.7 Å². The number of para-hydroxylation sites is 1. The molecule has 0 fully saturated rings. The number of fused-ring (bicyclic) bond motifs is 1. The summed E-state index contributed by atoms with van der Waals surface area (Å²) in [5.74, 6) is -0.295. The van der Waals surface area contributed by atoms with Crippen LogP contribution < -0.4 is 0 Å². The van der Waals surface area contributed by atoms with Gasteiger partial charge in [0.1, 0.15) is 0 Å². The first-order chi connectivity index (χ1) is 11.0. The molecule has 4 heteroatoms. The Hall–Kier alpha value is -2.07. The van der Waals surface area contributed by atoms with Crippen LogP contribution >= 0.6 is 0 Å². The van der Waals surface area contributed by atoms with Crippen molar-refractivity contribution in [3.63, 3.8) is 0 Å². The SMILES string of the molecule is CCOC(=O)/C=C/c1c(C)n(CCCN(C)C)c2ccccc12.